The minimum atomic E-state index is -1.17. The van der Waals surface area contributed by atoms with Crippen LogP contribution >= 0.6 is 0 Å². The first-order valence-corrected chi connectivity index (χ1v) is 5.48. The second kappa shape index (κ2) is 7.00. The lowest BCUT2D eigenvalue weighted by Gasteiger charge is -2.08. The van der Waals surface area contributed by atoms with Gasteiger partial charge in [0.2, 0.25) is 0 Å². The molecule has 1 aromatic rings. The number of carboxylic acid groups (broad SMARTS) is 1. The maximum absolute atomic E-state index is 11.8. The SMILES string of the molecule is COC(=O)NCCNC(=O)c1ccccc1C(=O)O. The van der Waals surface area contributed by atoms with E-state index in [1.54, 1.807) is 12.1 Å². The van der Waals surface area contributed by atoms with Crippen LogP contribution in [0.5, 0.6) is 0 Å². The van der Waals surface area contributed by atoms with Crippen LogP contribution in [0, 0.1) is 0 Å². The van der Waals surface area contributed by atoms with E-state index in [9.17, 15) is 14.4 Å². The quantitative estimate of drug-likeness (QED) is 0.672. The normalized spacial score (nSPS) is 9.53. The van der Waals surface area contributed by atoms with Gasteiger partial charge < -0.3 is 20.5 Å². The van der Waals surface area contributed by atoms with Gasteiger partial charge in [-0.1, -0.05) is 12.1 Å². The van der Waals surface area contributed by atoms with E-state index in [4.69, 9.17) is 5.11 Å². The van der Waals surface area contributed by atoms with Crippen molar-refractivity contribution in [2.24, 2.45) is 0 Å². The summed E-state index contributed by atoms with van der Waals surface area (Å²) in [4.78, 5) is 33.4. The third kappa shape index (κ3) is 4.30. The number of carbonyl (C=O) groups is 3. The molecule has 0 spiro atoms. The molecule has 0 aliphatic heterocycles. The first kappa shape index (κ1) is 14.5. The van der Waals surface area contributed by atoms with Gasteiger partial charge in [0, 0.05) is 13.1 Å². The summed E-state index contributed by atoms with van der Waals surface area (Å²) in [6.45, 7) is 0.357. The Kier molecular flexibility index (Phi) is 5.34. The predicted molar refractivity (Wildman–Crippen MR) is 66.1 cm³/mol. The molecule has 0 bridgehead atoms. The molecule has 2 amide bonds. The minimum Gasteiger partial charge on any atom is -0.478 e. The molecule has 0 heterocycles. The van der Waals surface area contributed by atoms with E-state index >= 15 is 0 Å². The summed E-state index contributed by atoms with van der Waals surface area (Å²) < 4.78 is 4.35. The van der Waals surface area contributed by atoms with Gasteiger partial charge in [-0.05, 0) is 12.1 Å². The van der Waals surface area contributed by atoms with Crippen molar-refractivity contribution in [2.45, 2.75) is 0 Å². The third-order valence-corrected chi connectivity index (χ3v) is 2.27. The number of alkyl carbamates (subject to hydrolysis) is 1. The number of aromatic carboxylic acids is 1. The fourth-order valence-corrected chi connectivity index (χ4v) is 1.38. The zero-order chi connectivity index (χ0) is 14.3. The average Bonchev–Trinajstić information content (AvgIpc) is 2.42. The molecule has 102 valence electrons. The lowest BCUT2D eigenvalue weighted by Crippen LogP contribution is -2.35. The summed E-state index contributed by atoms with van der Waals surface area (Å²) in [6, 6.07) is 5.89. The molecule has 7 heteroatoms. The van der Waals surface area contributed by atoms with Gasteiger partial charge in [0.25, 0.3) is 5.91 Å². The van der Waals surface area contributed by atoms with Crippen molar-refractivity contribution in [3.8, 4) is 0 Å². The van der Waals surface area contributed by atoms with Crippen LogP contribution in [0.3, 0.4) is 0 Å². The Morgan fingerprint density at radius 1 is 1.11 bits per heavy atom. The van der Waals surface area contributed by atoms with Gasteiger partial charge in [0.05, 0.1) is 18.2 Å². The molecule has 0 saturated carbocycles. The lowest BCUT2D eigenvalue weighted by molar-refractivity contribution is 0.0691. The van der Waals surface area contributed by atoms with Gasteiger partial charge in [0.15, 0.2) is 0 Å². The summed E-state index contributed by atoms with van der Waals surface area (Å²) in [6.07, 6.45) is -0.597. The van der Waals surface area contributed by atoms with Crippen LogP contribution in [0.15, 0.2) is 24.3 Å². The summed E-state index contributed by atoms with van der Waals surface area (Å²) in [5, 5.41) is 13.8. The van der Waals surface area contributed by atoms with Crippen molar-refractivity contribution in [3.05, 3.63) is 35.4 Å². The largest absolute Gasteiger partial charge is 0.478 e. The van der Waals surface area contributed by atoms with Crippen LogP contribution in [0.25, 0.3) is 0 Å². The number of amides is 2. The summed E-state index contributed by atoms with van der Waals surface area (Å²) >= 11 is 0. The topological polar surface area (TPSA) is 105 Å². The standard InChI is InChI=1S/C12H14N2O5/c1-19-12(18)14-7-6-13-10(15)8-4-2-3-5-9(8)11(16)17/h2-5H,6-7H2,1H3,(H,13,15)(H,14,18)(H,16,17). The second-order valence-corrected chi connectivity index (χ2v) is 3.52. The molecule has 0 atom stereocenters. The monoisotopic (exact) mass is 266 g/mol. The molecule has 19 heavy (non-hydrogen) atoms. The molecule has 0 unspecified atom stereocenters. The summed E-state index contributed by atoms with van der Waals surface area (Å²) in [5.41, 5.74) is 0.00833. The Bertz CT molecular complexity index is 487. The summed E-state index contributed by atoms with van der Waals surface area (Å²) in [7, 11) is 1.23. The zero-order valence-corrected chi connectivity index (χ0v) is 10.3. The number of nitrogens with one attached hydrogen (secondary N) is 2. The fourth-order valence-electron chi connectivity index (χ4n) is 1.38. The lowest BCUT2D eigenvalue weighted by atomic mass is 10.1. The highest BCUT2D eigenvalue weighted by Crippen LogP contribution is 2.08. The smallest absolute Gasteiger partial charge is 0.406 e. The molecule has 7 nitrogen and oxygen atoms in total. The first-order valence-electron chi connectivity index (χ1n) is 5.48. The summed E-state index contributed by atoms with van der Waals surface area (Å²) in [5.74, 6) is -1.68. The third-order valence-electron chi connectivity index (χ3n) is 2.27. The number of methoxy groups -OCH3 is 1. The minimum absolute atomic E-state index is 0.0686. The molecule has 0 aliphatic rings. The Labute approximate surface area is 109 Å². The Hall–Kier alpha value is -2.57. The van der Waals surface area contributed by atoms with Crippen LogP contribution < -0.4 is 10.6 Å². The van der Waals surface area contributed by atoms with E-state index in [1.165, 1.54) is 19.2 Å². The van der Waals surface area contributed by atoms with Crippen LogP contribution in [-0.4, -0.2) is 43.3 Å². The maximum Gasteiger partial charge on any atom is 0.406 e. The van der Waals surface area contributed by atoms with Crippen molar-refractivity contribution in [1.29, 1.82) is 0 Å². The number of ether oxygens (including phenoxy) is 1. The molecule has 0 aromatic heterocycles. The molecule has 1 rings (SSSR count). The van der Waals surface area contributed by atoms with Gasteiger partial charge >= 0.3 is 12.1 Å². The van der Waals surface area contributed by atoms with E-state index in [-0.39, 0.29) is 24.2 Å². The number of hydrogen-bond donors (Lipinski definition) is 3. The van der Waals surface area contributed by atoms with Crippen LogP contribution in [0.1, 0.15) is 20.7 Å². The van der Waals surface area contributed by atoms with Crippen molar-refractivity contribution < 1.29 is 24.2 Å². The molecule has 0 aliphatic carbocycles. The van der Waals surface area contributed by atoms with Gasteiger partial charge in [-0.3, -0.25) is 4.79 Å². The number of hydrogen-bond acceptors (Lipinski definition) is 4. The fraction of sp³-hybridized carbons (Fsp3) is 0.250. The molecule has 0 fully saturated rings. The first-order chi connectivity index (χ1) is 9.06. The Balaban J connectivity index is 2.55. The van der Waals surface area contributed by atoms with Crippen LogP contribution in [-0.2, 0) is 4.74 Å². The zero-order valence-electron chi connectivity index (χ0n) is 10.3. The predicted octanol–water partition coefficient (Wildman–Crippen LogP) is 0.471. The number of carbonyl (C=O) groups excluding carboxylic acids is 2. The molecular formula is C12H14N2O5. The maximum atomic E-state index is 11.8. The van der Waals surface area contributed by atoms with Crippen molar-refractivity contribution in [2.75, 3.05) is 20.2 Å². The van der Waals surface area contributed by atoms with Crippen LogP contribution in [0.2, 0.25) is 0 Å². The van der Waals surface area contributed by atoms with Gasteiger partial charge in [0.1, 0.15) is 0 Å². The molecule has 3 N–H and O–H groups in total. The van der Waals surface area contributed by atoms with E-state index in [0.29, 0.717) is 0 Å². The van der Waals surface area contributed by atoms with E-state index < -0.39 is 18.0 Å². The van der Waals surface area contributed by atoms with E-state index in [1.807, 2.05) is 0 Å². The van der Waals surface area contributed by atoms with Crippen LogP contribution in [0.4, 0.5) is 4.79 Å². The highest BCUT2D eigenvalue weighted by atomic mass is 16.5. The molecule has 0 saturated heterocycles. The molecule has 0 radical (unpaired) electrons. The molecular weight excluding hydrogens is 252 g/mol. The van der Waals surface area contributed by atoms with E-state index in [2.05, 4.69) is 15.4 Å². The Morgan fingerprint density at radius 3 is 2.26 bits per heavy atom. The van der Waals surface area contributed by atoms with E-state index in [0.717, 1.165) is 0 Å². The van der Waals surface area contributed by atoms with Gasteiger partial charge in [-0.2, -0.15) is 0 Å². The van der Waals surface area contributed by atoms with Crippen molar-refractivity contribution in [3.63, 3.8) is 0 Å². The van der Waals surface area contributed by atoms with Gasteiger partial charge in [-0.15, -0.1) is 0 Å². The molecule has 1 aromatic carbocycles. The Morgan fingerprint density at radius 2 is 1.68 bits per heavy atom. The number of carboxylic acids is 1. The highest BCUT2D eigenvalue weighted by molar-refractivity contribution is 6.04. The average molecular weight is 266 g/mol. The van der Waals surface area contributed by atoms with Crippen molar-refractivity contribution >= 4 is 18.0 Å². The highest BCUT2D eigenvalue weighted by Gasteiger charge is 2.14. The van der Waals surface area contributed by atoms with Crippen molar-refractivity contribution in [1.82, 2.24) is 10.6 Å². The second-order valence-electron chi connectivity index (χ2n) is 3.52. The van der Waals surface area contributed by atoms with Gasteiger partial charge in [-0.25, -0.2) is 9.59 Å². The number of benzene rings is 1. The number of rotatable bonds is 5.